The van der Waals surface area contributed by atoms with Gasteiger partial charge in [0.2, 0.25) is 0 Å². The average molecular weight is 325 g/mol. The van der Waals surface area contributed by atoms with Gasteiger partial charge in [0.15, 0.2) is 0 Å². The summed E-state index contributed by atoms with van der Waals surface area (Å²) in [5, 5.41) is 3.92. The van der Waals surface area contributed by atoms with Crippen LogP contribution in [0.1, 0.15) is 37.6 Å². The van der Waals surface area contributed by atoms with Gasteiger partial charge < -0.3 is 15.0 Å². The molecule has 0 saturated carbocycles. The van der Waals surface area contributed by atoms with Gasteiger partial charge in [0.25, 0.3) is 5.91 Å². The molecule has 1 aromatic rings. The molecular formula is C17H25ClN2O2. The Labute approximate surface area is 137 Å². The molecule has 1 atom stereocenters. The van der Waals surface area contributed by atoms with Crippen LogP contribution in [0.3, 0.4) is 0 Å². The third-order valence-electron chi connectivity index (χ3n) is 3.77. The molecule has 0 aliphatic carbocycles. The van der Waals surface area contributed by atoms with Crippen molar-refractivity contribution in [3.8, 4) is 5.75 Å². The number of hydrogen-bond acceptors (Lipinski definition) is 3. The van der Waals surface area contributed by atoms with Crippen LogP contribution in [0.15, 0.2) is 18.2 Å². The molecule has 1 heterocycles. The van der Waals surface area contributed by atoms with Crippen LogP contribution in [0.5, 0.6) is 5.75 Å². The molecule has 1 amide bonds. The third-order valence-corrected chi connectivity index (χ3v) is 4.01. The molecular weight excluding hydrogens is 300 g/mol. The van der Waals surface area contributed by atoms with E-state index < -0.39 is 0 Å². The van der Waals surface area contributed by atoms with Crippen molar-refractivity contribution in [1.29, 1.82) is 0 Å². The molecule has 2 rings (SSSR count). The first-order chi connectivity index (χ1) is 10.5. The first-order valence-electron chi connectivity index (χ1n) is 7.97. The summed E-state index contributed by atoms with van der Waals surface area (Å²) in [4.78, 5) is 15.0. The Morgan fingerprint density at radius 1 is 1.50 bits per heavy atom. The van der Waals surface area contributed by atoms with Crippen molar-refractivity contribution < 1.29 is 9.53 Å². The lowest BCUT2D eigenvalue weighted by molar-refractivity contribution is 0.0663. The molecule has 0 spiro atoms. The maximum atomic E-state index is 13.0. The molecule has 0 aromatic heterocycles. The van der Waals surface area contributed by atoms with E-state index in [9.17, 15) is 4.79 Å². The molecule has 1 aliphatic rings. The normalized spacial score (nSPS) is 17.8. The second-order valence-electron chi connectivity index (χ2n) is 6.07. The van der Waals surface area contributed by atoms with Gasteiger partial charge in [-0.3, -0.25) is 4.79 Å². The van der Waals surface area contributed by atoms with E-state index >= 15 is 0 Å². The molecule has 4 nitrogen and oxygen atoms in total. The van der Waals surface area contributed by atoms with Gasteiger partial charge in [0, 0.05) is 24.2 Å². The van der Waals surface area contributed by atoms with Gasteiger partial charge in [0.1, 0.15) is 5.75 Å². The first-order valence-corrected chi connectivity index (χ1v) is 8.34. The Morgan fingerprint density at radius 2 is 2.27 bits per heavy atom. The van der Waals surface area contributed by atoms with Crippen LogP contribution in [0.4, 0.5) is 0 Å². The minimum absolute atomic E-state index is 0.0301. The largest absolute Gasteiger partial charge is 0.493 e. The smallest absolute Gasteiger partial charge is 0.257 e. The number of carbonyl (C=O) groups excluding carboxylic acids is 1. The summed E-state index contributed by atoms with van der Waals surface area (Å²) in [5.74, 6) is 1.02. The second kappa shape index (κ2) is 7.84. The molecule has 1 N–H and O–H groups in total. The van der Waals surface area contributed by atoms with Crippen LogP contribution >= 0.6 is 11.6 Å². The lowest BCUT2D eigenvalue weighted by Crippen LogP contribution is -2.43. The number of carbonyl (C=O) groups is 1. The fourth-order valence-corrected chi connectivity index (χ4v) is 2.96. The van der Waals surface area contributed by atoms with E-state index in [2.05, 4.69) is 19.2 Å². The summed E-state index contributed by atoms with van der Waals surface area (Å²) in [5.41, 5.74) is 0.596. The van der Waals surface area contributed by atoms with E-state index in [4.69, 9.17) is 16.3 Å². The average Bonchev–Trinajstić information content (AvgIpc) is 2.98. The predicted octanol–water partition coefficient (Wildman–Crippen LogP) is 3.20. The fraction of sp³-hybridized carbons (Fsp3) is 0.588. The van der Waals surface area contributed by atoms with Crippen LogP contribution in [-0.4, -0.2) is 43.1 Å². The summed E-state index contributed by atoms with van der Waals surface area (Å²) in [7, 11) is 0. The van der Waals surface area contributed by atoms with Crippen molar-refractivity contribution in [2.24, 2.45) is 5.92 Å². The zero-order chi connectivity index (χ0) is 16.1. The van der Waals surface area contributed by atoms with Gasteiger partial charge in [-0.2, -0.15) is 0 Å². The molecule has 1 fully saturated rings. The molecule has 22 heavy (non-hydrogen) atoms. The third kappa shape index (κ3) is 4.14. The van der Waals surface area contributed by atoms with Gasteiger partial charge in [-0.05, 0) is 44.0 Å². The van der Waals surface area contributed by atoms with Crippen LogP contribution in [-0.2, 0) is 0 Å². The number of benzene rings is 1. The van der Waals surface area contributed by atoms with Crippen molar-refractivity contribution in [1.82, 2.24) is 10.2 Å². The van der Waals surface area contributed by atoms with Crippen LogP contribution in [0.25, 0.3) is 0 Å². The maximum absolute atomic E-state index is 13.0. The highest BCUT2D eigenvalue weighted by molar-refractivity contribution is 6.30. The number of nitrogens with one attached hydrogen (secondary N) is 1. The molecule has 5 heteroatoms. The Balaban J connectivity index is 2.29. The van der Waals surface area contributed by atoms with Crippen molar-refractivity contribution >= 4 is 17.5 Å². The van der Waals surface area contributed by atoms with Gasteiger partial charge in [0.05, 0.1) is 12.2 Å². The van der Waals surface area contributed by atoms with Crippen LogP contribution in [0.2, 0.25) is 5.02 Å². The first kappa shape index (κ1) is 17.1. The summed E-state index contributed by atoms with van der Waals surface area (Å²) >= 11 is 6.03. The lowest BCUT2D eigenvalue weighted by Gasteiger charge is -2.30. The zero-order valence-electron chi connectivity index (χ0n) is 13.6. The number of hydrogen-bond donors (Lipinski definition) is 1. The van der Waals surface area contributed by atoms with Crippen LogP contribution in [0, 0.1) is 5.92 Å². The minimum atomic E-state index is 0.0301. The SMILES string of the molecule is CCOc1cc(Cl)ccc1C(=O)N(CC(C)C)C1CCNC1. The van der Waals surface area contributed by atoms with Gasteiger partial charge >= 0.3 is 0 Å². The molecule has 1 saturated heterocycles. The summed E-state index contributed by atoms with van der Waals surface area (Å²) in [6, 6.07) is 5.49. The van der Waals surface area contributed by atoms with Gasteiger partial charge in [-0.15, -0.1) is 0 Å². The van der Waals surface area contributed by atoms with E-state index in [0.717, 1.165) is 26.1 Å². The Bertz CT molecular complexity index is 513. The number of ether oxygens (including phenoxy) is 1. The van der Waals surface area contributed by atoms with E-state index in [0.29, 0.717) is 28.9 Å². The lowest BCUT2D eigenvalue weighted by atomic mass is 10.1. The summed E-state index contributed by atoms with van der Waals surface area (Å²) in [6.07, 6.45) is 0.996. The minimum Gasteiger partial charge on any atom is -0.493 e. The summed E-state index contributed by atoms with van der Waals surface area (Å²) < 4.78 is 5.61. The van der Waals surface area contributed by atoms with E-state index in [-0.39, 0.29) is 11.9 Å². The number of rotatable bonds is 6. The summed E-state index contributed by atoms with van der Waals surface area (Å²) in [6.45, 7) is 9.25. The Morgan fingerprint density at radius 3 is 2.86 bits per heavy atom. The molecule has 1 aromatic carbocycles. The highest BCUT2D eigenvalue weighted by Crippen LogP contribution is 2.26. The Kier molecular flexibility index (Phi) is 6.09. The molecule has 0 bridgehead atoms. The molecule has 1 aliphatic heterocycles. The monoisotopic (exact) mass is 324 g/mol. The van der Waals surface area contributed by atoms with E-state index in [1.165, 1.54) is 0 Å². The predicted molar refractivity (Wildman–Crippen MR) is 89.8 cm³/mol. The Hall–Kier alpha value is -1.26. The molecule has 122 valence electrons. The van der Waals surface area contributed by atoms with Gasteiger partial charge in [-0.1, -0.05) is 25.4 Å². The topological polar surface area (TPSA) is 41.6 Å². The van der Waals surface area contributed by atoms with Crippen LogP contribution < -0.4 is 10.1 Å². The zero-order valence-corrected chi connectivity index (χ0v) is 14.3. The van der Waals surface area contributed by atoms with Crippen molar-refractivity contribution in [3.63, 3.8) is 0 Å². The maximum Gasteiger partial charge on any atom is 0.257 e. The number of amides is 1. The quantitative estimate of drug-likeness (QED) is 0.873. The van der Waals surface area contributed by atoms with Crippen molar-refractivity contribution in [2.45, 2.75) is 33.2 Å². The molecule has 1 unspecified atom stereocenters. The van der Waals surface area contributed by atoms with Gasteiger partial charge in [-0.25, -0.2) is 0 Å². The highest BCUT2D eigenvalue weighted by atomic mass is 35.5. The fourth-order valence-electron chi connectivity index (χ4n) is 2.80. The van der Waals surface area contributed by atoms with Crippen molar-refractivity contribution in [3.05, 3.63) is 28.8 Å². The number of nitrogens with zero attached hydrogens (tertiary/aromatic N) is 1. The van der Waals surface area contributed by atoms with E-state index in [1.807, 2.05) is 11.8 Å². The molecule has 0 radical (unpaired) electrons. The van der Waals surface area contributed by atoms with E-state index in [1.54, 1.807) is 18.2 Å². The second-order valence-corrected chi connectivity index (χ2v) is 6.51. The number of halogens is 1. The highest BCUT2D eigenvalue weighted by Gasteiger charge is 2.29. The standard InChI is InChI=1S/C17H25ClN2O2/c1-4-22-16-9-13(18)5-6-15(16)17(21)20(11-12(2)3)14-7-8-19-10-14/h5-6,9,12,14,19H,4,7-8,10-11H2,1-3H3. The van der Waals surface area contributed by atoms with Crippen molar-refractivity contribution in [2.75, 3.05) is 26.2 Å².